The molecule has 4 nitrogen and oxygen atoms in total. The van der Waals surface area contributed by atoms with Crippen molar-refractivity contribution >= 4 is 11.3 Å². The van der Waals surface area contributed by atoms with Crippen LogP contribution in [0.1, 0.15) is 83.7 Å². The summed E-state index contributed by atoms with van der Waals surface area (Å²) in [6, 6.07) is 37.0. The van der Waals surface area contributed by atoms with Gasteiger partial charge in [-0.25, -0.2) is 0 Å². The maximum absolute atomic E-state index is 11.9. The van der Waals surface area contributed by atoms with Gasteiger partial charge in [0.15, 0.2) is 0 Å². The maximum atomic E-state index is 11.9. The van der Waals surface area contributed by atoms with Crippen LogP contribution < -0.4 is 9.47 Å². The second-order valence-corrected chi connectivity index (χ2v) is 14.6. The molecule has 2 aliphatic heterocycles. The van der Waals surface area contributed by atoms with Crippen LogP contribution in [-0.4, -0.2) is 10.2 Å². The summed E-state index contributed by atoms with van der Waals surface area (Å²) >= 11 is 1.36. The van der Waals surface area contributed by atoms with Crippen molar-refractivity contribution in [2.75, 3.05) is 0 Å². The third kappa shape index (κ3) is 5.07. The van der Waals surface area contributed by atoms with Crippen LogP contribution in [0, 0.1) is 0 Å². The molecule has 3 heterocycles. The highest BCUT2D eigenvalue weighted by Crippen LogP contribution is 2.49. The topological polar surface area (TPSA) is 58.9 Å². The summed E-state index contributed by atoms with van der Waals surface area (Å²) in [5, 5.41) is 23.7. The Morgan fingerprint density at radius 3 is 1.33 bits per heavy atom. The Kier molecular flexibility index (Phi) is 7.20. The highest BCUT2D eigenvalue weighted by atomic mass is 32.1. The zero-order chi connectivity index (χ0) is 31.5. The van der Waals surface area contributed by atoms with Crippen LogP contribution in [0.5, 0.6) is 11.5 Å². The van der Waals surface area contributed by atoms with Gasteiger partial charge in [-0.15, -0.1) is 11.3 Å². The van der Waals surface area contributed by atoms with Gasteiger partial charge in [-0.1, -0.05) is 113 Å². The SMILES string of the molecule is CC(C)(c1ccccc1)c1cccc2c1CCC(O)(c1ccc(C3(O)CCc4c(cccc4C(C)(C)c4ccccc4)O3)s1)O2. The van der Waals surface area contributed by atoms with Crippen molar-refractivity contribution in [2.45, 2.75) is 75.8 Å². The Bertz CT molecular complexity index is 1710. The second kappa shape index (κ2) is 10.9. The normalized spacial score (nSPS) is 21.3. The van der Waals surface area contributed by atoms with Crippen molar-refractivity contribution in [3.8, 4) is 11.5 Å². The molecule has 230 valence electrons. The average Bonchev–Trinajstić information content (AvgIpc) is 3.58. The van der Waals surface area contributed by atoms with Crippen LogP contribution in [0.25, 0.3) is 0 Å². The minimum Gasteiger partial charge on any atom is -0.457 e. The molecule has 45 heavy (non-hydrogen) atoms. The summed E-state index contributed by atoms with van der Waals surface area (Å²) in [5.41, 5.74) is 6.73. The van der Waals surface area contributed by atoms with E-state index < -0.39 is 11.6 Å². The Hall–Kier alpha value is -3.90. The van der Waals surface area contributed by atoms with E-state index in [1.807, 2.05) is 48.5 Å². The summed E-state index contributed by atoms with van der Waals surface area (Å²) in [5.74, 6) is -1.56. The molecule has 4 aromatic carbocycles. The largest absolute Gasteiger partial charge is 0.457 e. The first-order chi connectivity index (χ1) is 21.5. The van der Waals surface area contributed by atoms with Crippen molar-refractivity contribution in [1.82, 2.24) is 0 Å². The summed E-state index contributed by atoms with van der Waals surface area (Å²) in [4.78, 5) is 1.33. The molecule has 2 N–H and O–H groups in total. The Labute approximate surface area is 269 Å². The Balaban J connectivity index is 1.15. The van der Waals surface area contributed by atoms with Gasteiger partial charge in [0.05, 0.1) is 9.75 Å². The first kappa shape index (κ1) is 29.8. The van der Waals surface area contributed by atoms with Crippen LogP contribution in [0.15, 0.2) is 109 Å². The summed E-state index contributed by atoms with van der Waals surface area (Å²) in [6.45, 7) is 8.94. The zero-order valence-corrected chi connectivity index (χ0v) is 27.2. The lowest BCUT2D eigenvalue weighted by Gasteiger charge is -2.38. The van der Waals surface area contributed by atoms with Gasteiger partial charge in [-0.05, 0) is 70.5 Å². The molecular formula is C40H40O4S. The standard InChI is InChI=1S/C40H40O4S/c1-37(2,27-13-7-5-8-14-27)31-17-11-19-33-29(31)23-25-39(41,43-33)35-21-22-36(45-35)40(42)26-24-30-32(18-12-20-34(30)44-40)38(3,4)28-15-9-6-10-16-28/h5-22,41-42H,23-26H2,1-4H3. The molecule has 0 amide bonds. The molecule has 5 aromatic rings. The number of ether oxygens (including phenoxy) is 2. The van der Waals surface area contributed by atoms with Crippen molar-refractivity contribution in [2.24, 2.45) is 0 Å². The van der Waals surface area contributed by atoms with E-state index in [-0.39, 0.29) is 10.8 Å². The van der Waals surface area contributed by atoms with E-state index in [4.69, 9.17) is 9.47 Å². The third-order valence-electron chi connectivity index (χ3n) is 9.97. The van der Waals surface area contributed by atoms with E-state index in [0.717, 1.165) is 11.1 Å². The molecule has 0 aliphatic carbocycles. The fraction of sp³-hybridized carbons (Fsp3) is 0.300. The predicted molar refractivity (Wildman–Crippen MR) is 180 cm³/mol. The molecule has 7 rings (SSSR count). The number of aliphatic hydroxyl groups is 2. The first-order valence-electron chi connectivity index (χ1n) is 15.8. The van der Waals surface area contributed by atoms with Gasteiger partial charge in [0.2, 0.25) is 11.6 Å². The number of rotatable bonds is 6. The highest BCUT2D eigenvalue weighted by Gasteiger charge is 2.44. The molecule has 0 radical (unpaired) electrons. The lowest BCUT2D eigenvalue weighted by molar-refractivity contribution is -0.156. The van der Waals surface area contributed by atoms with E-state index in [1.165, 1.54) is 33.6 Å². The van der Waals surface area contributed by atoms with Gasteiger partial charge < -0.3 is 19.7 Å². The van der Waals surface area contributed by atoms with E-state index in [0.29, 0.717) is 46.9 Å². The fourth-order valence-corrected chi connectivity index (χ4v) is 8.31. The quantitative estimate of drug-likeness (QED) is 0.200. The van der Waals surface area contributed by atoms with Gasteiger partial charge >= 0.3 is 0 Å². The smallest absolute Gasteiger partial charge is 0.244 e. The van der Waals surface area contributed by atoms with Gasteiger partial charge in [0.1, 0.15) is 11.5 Å². The molecule has 0 saturated heterocycles. The Morgan fingerprint density at radius 1 is 0.533 bits per heavy atom. The van der Waals surface area contributed by atoms with Crippen molar-refractivity contribution in [3.05, 3.63) is 152 Å². The highest BCUT2D eigenvalue weighted by molar-refractivity contribution is 7.12. The molecular weight excluding hydrogens is 577 g/mol. The van der Waals surface area contributed by atoms with Crippen LogP contribution in [0.4, 0.5) is 0 Å². The molecule has 2 aliphatic rings. The molecule has 0 spiro atoms. The summed E-state index contributed by atoms with van der Waals surface area (Å²) in [7, 11) is 0. The monoisotopic (exact) mass is 616 g/mol. The molecule has 5 heteroatoms. The van der Waals surface area contributed by atoms with E-state index in [2.05, 4.69) is 88.4 Å². The number of benzene rings is 4. The van der Waals surface area contributed by atoms with Crippen LogP contribution >= 0.6 is 11.3 Å². The number of fused-ring (bicyclic) bond motifs is 2. The average molecular weight is 617 g/mol. The molecule has 2 unspecified atom stereocenters. The van der Waals surface area contributed by atoms with Crippen LogP contribution in [0.2, 0.25) is 0 Å². The summed E-state index contributed by atoms with van der Waals surface area (Å²) < 4.78 is 12.8. The number of hydrogen-bond acceptors (Lipinski definition) is 5. The van der Waals surface area contributed by atoms with E-state index >= 15 is 0 Å². The lowest BCUT2D eigenvalue weighted by atomic mass is 9.74. The lowest BCUT2D eigenvalue weighted by Crippen LogP contribution is -2.38. The molecule has 2 atom stereocenters. The first-order valence-corrected chi connectivity index (χ1v) is 16.6. The zero-order valence-electron chi connectivity index (χ0n) is 26.3. The van der Waals surface area contributed by atoms with E-state index in [9.17, 15) is 10.2 Å². The van der Waals surface area contributed by atoms with Crippen LogP contribution in [-0.2, 0) is 35.2 Å². The van der Waals surface area contributed by atoms with Crippen molar-refractivity contribution in [1.29, 1.82) is 0 Å². The molecule has 1 aromatic heterocycles. The minimum atomic E-state index is -1.48. The van der Waals surface area contributed by atoms with Gasteiger partial charge in [-0.3, -0.25) is 0 Å². The van der Waals surface area contributed by atoms with Gasteiger partial charge in [0.25, 0.3) is 0 Å². The third-order valence-corrected chi connectivity index (χ3v) is 11.3. The molecule has 0 fully saturated rings. The summed E-state index contributed by atoms with van der Waals surface area (Å²) in [6.07, 6.45) is 2.20. The second-order valence-electron chi connectivity index (χ2n) is 13.5. The van der Waals surface area contributed by atoms with E-state index in [1.54, 1.807) is 0 Å². The molecule has 0 bridgehead atoms. The van der Waals surface area contributed by atoms with Crippen molar-refractivity contribution < 1.29 is 19.7 Å². The maximum Gasteiger partial charge on any atom is 0.244 e. The minimum absolute atomic E-state index is 0.213. The van der Waals surface area contributed by atoms with Crippen molar-refractivity contribution in [3.63, 3.8) is 0 Å². The number of thiophene rings is 1. The number of hydrogen-bond donors (Lipinski definition) is 2. The Morgan fingerprint density at radius 2 is 0.933 bits per heavy atom. The predicted octanol–water partition coefficient (Wildman–Crippen LogP) is 8.74. The van der Waals surface area contributed by atoms with Gasteiger partial charge in [0, 0.05) is 23.7 Å². The van der Waals surface area contributed by atoms with Gasteiger partial charge in [-0.2, -0.15) is 0 Å². The van der Waals surface area contributed by atoms with Crippen LogP contribution in [0.3, 0.4) is 0 Å². The molecule has 0 saturated carbocycles. The fourth-order valence-electron chi connectivity index (χ4n) is 7.19.